The molecule has 1 atom stereocenters. The van der Waals surface area contributed by atoms with Crippen LogP contribution in [0.4, 0.5) is 4.39 Å². The second-order valence-electron chi connectivity index (χ2n) is 7.97. The van der Waals surface area contributed by atoms with Crippen LogP contribution >= 0.6 is 0 Å². The van der Waals surface area contributed by atoms with Gasteiger partial charge in [-0.25, -0.2) is 8.91 Å². The molecule has 0 saturated heterocycles. The predicted octanol–water partition coefficient (Wildman–Crippen LogP) is 4.19. The van der Waals surface area contributed by atoms with E-state index in [0.29, 0.717) is 23.1 Å². The third-order valence-corrected chi connectivity index (χ3v) is 5.85. The molecule has 3 aromatic heterocycles. The lowest BCUT2D eigenvalue weighted by molar-refractivity contribution is -0.137. The van der Waals surface area contributed by atoms with Crippen LogP contribution < -0.4 is 0 Å². The van der Waals surface area contributed by atoms with Crippen LogP contribution in [0.5, 0.6) is 0 Å². The van der Waals surface area contributed by atoms with E-state index >= 15 is 4.39 Å². The molecular weight excluding hydrogens is 423 g/mol. The predicted molar refractivity (Wildman–Crippen MR) is 118 cm³/mol. The highest BCUT2D eigenvalue weighted by molar-refractivity contribution is 5.89. The zero-order valence-corrected chi connectivity index (χ0v) is 17.5. The normalized spacial score (nSPS) is 15.9. The van der Waals surface area contributed by atoms with Gasteiger partial charge in [0.05, 0.1) is 35.6 Å². The number of benzene rings is 1. The molecule has 0 fully saturated rings. The first-order chi connectivity index (χ1) is 16.0. The molecule has 8 nitrogen and oxygen atoms in total. The lowest BCUT2D eigenvalue weighted by atomic mass is 9.88. The van der Waals surface area contributed by atoms with Crippen molar-refractivity contribution in [2.75, 3.05) is 0 Å². The molecule has 1 aliphatic rings. The Morgan fingerprint density at radius 3 is 2.85 bits per heavy atom. The molecule has 0 aliphatic heterocycles. The molecule has 0 spiro atoms. The number of rotatable bonds is 5. The van der Waals surface area contributed by atoms with Gasteiger partial charge in [-0.05, 0) is 36.5 Å². The van der Waals surface area contributed by atoms with E-state index in [4.69, 9.17) is 5.11 Å². The maximum absolute atomic E-state index is 15.1. The van der Waals surface area contributed by atoms with Crippen molar-refractivity contribution in [3.05, 3.63) is 66.8 Å². The van der Waals surface area contributed by atoms with Gasteiger partial charge in [0.2, 0.25) is 0 Å². The minimum absolute atomic E-state index is 0.0272. The van der Waals surface area contributed by atoms with Crippen LogP contribution in [0, 0.1) is 23.1 Å². The van der Waals surface area contributed by atoms with Crippen molar-refractivity contribution in [2.45, 2.75) is 25.8 Å². The van der Waals surface area contributed by atoms with Gasteiger partial charge in [0.15, 0.2) is 0 Å². The first-order valence-electron chi connectivity index (χ1n) is 10.5. The van der Waals surface area contributed by atoms with Crippen LogP contribution in [-0.4, -0.2) is 35.5 Å². The highest BCUT2D eigenvalue weighted by Crippen LogP contribution is 2.36. The topological polar surface area (TPSA) is 109 Å². The van der Waals surface area contributed by atoms with E-state index in [9.17, 15) is 10.1 Å². The monoisotopic (exact) mass is 442 g/mol. The number of hydrogen-bond donors (Lipinski definition) is 1. The minimum Gasteiger partial charge on any atom is -0.480 e. The smallest absolute Gasteiger partial charge is 0.325 e. The number of carboxylic acid groups (broad SMARTS) is 1. The summed E-state index contributed by atoms with van der Waals surface area (Å²) in [4.78, 5) is 15.5. The van der Waals surface area contributed by atoms with Crippen molar-refractivity contribution in [1.29, 1.82) is 5.26 Å². The molecule has 1 aromatic carbocycles. The van der Waals surface area contributed by atoms with E-state index < -0.39 is 11.8 Å². The number of halogens is 1. The fourth-order valence-electron chi connectivity index (χ4n) is 4.20. The molecule has 9 heteroatoms. The summed E-state index contributed by atoms with van der Waals surface area (Å²) in [7, 11) is 0. The van der Waals surface area contributed by atoms with Crippen molar-refractivity contribution in [1.82, 2.24) is 24.4 Å². The Labute approximate surface area is 188 Å². The zero-order valence-electron chi connectivity index (χ0n) is 17.5. The van der Waals surface area contributed by atoms with Gasteiger partial charge in [-0.1, -0.05) is 18.2 Å². The van der Waals surface area contributed by atoms with Gasteiger partial charge >= 0.3 is 5.97 Å². The average molecular weight is 442 g/mol. The lowest BCUT2D eigenvalue weighted by Gasteiger charge is -2.17. The minimum atomic E-state index is -1.02. The van der Waals surface area contributed by atoms with Crippen molar-refractivity contribution in [3.8, 4) is 28.3 Å². The third-order valence-electron chi connectivity index (χ3n) is 5.85. The summed E-state index contributed by atoms with van der Waals surface area (Å²) in [6.07, 6.45) is 12.4. The molecule has 0 saturated carbocycles. The lowest BCUT2D eigenvalue weighted by Crippen LogP contribution is -2.08. The quantitative estimate of drug-likeness (QED) is 0.496. The molecule has 164 valence electrons. The second kappa shape index (κ2) is 8.31. The SMILES string of the molecule is N#CC1CC=C(c2nccn3ncc(-c4ccc(-c5cnn(CC(=O)O)c5)c(F)c4)c23)CC1. The molecular formula is C24H19FN6O2. The molecule has 4 aromatic rings. The van der Waals surface area contributed by atoms with E-state index in [0.717, 1.165) is 35.2 Å². The van der Waals surface area contributed by atoms with Gasteiger partial charge in [0, 0.05) is 35.3 Å². The highest BCUT2D eigenvalue weighted by Gasteiger charge is 2.20. The summed E-state index contributed by atoms with van der Waals surface area (Å²) in [6, 6.07) is 7.23. The van der Waals surface area contributed by atoms with Crippen molar-refractivity contribution in [2.24, 2.45) is 5.92 Å². The molecule has 3 heterocycles. The van der Waals surface area contributed by atoms with Crippen molar-refractivity contribution >= 4 is 17.1 Å². The number of hydrogen-bond acceptors (Lipinski definition) is 5. The Morgan fingerprint density at radius 1 is 1.24 bits per heavy atom. The summed E-state index contributed by atoms with van der Waals surface area (Å²) < 4.78 is 18.1. The Kier molecular flexibility index (Phi) is 5.18. The van der Waals surface area contributed by atoms with E-state index in [1.165, 1.54) is 23.1 Å². The van der Waals surface area contributed by atoms with Crippen LogP contribution in [0.3, 0.4) is 0 Å². The van der Waals surface area contributed by atoms with Gasteiger partial charge in [-0.2, -0.15) is 15.5 Å². The zero-order chi connectivity index (χ0) is 22.9. The van der Waals surface area contributed by atoms with Crippen LogP contribution in [0.15, 0.2) is 55.3 Å². The molecule has 1 N–H and O–H groups in total. The van der Waals surface area contributed by atoms with Gasteiger partial charge < -0.3 is 5.11 Å². The van der Waals surface area contributed by atoms with Crippen LogP contribution in [0.25, 0.3) is 33.3 Å². The summed E-state index contributed by atoms with van der Waals surface area (Å²) in [5.74, 6) is -1.44. The molecule has 0 bridgehead atoms. The number of aliphatic carboxylic acids is 1. The van der Waals surface area contributed by atoms with E-state index in [1.54, 1.807) is 29.2 Å². The number of carboxylic acids is 1. The number of aromatic nitrogens is 5. The van der Waals surface area contributed by atoms with Crippen molar-refractivity contribution in [3.63, 3.8) is 0 Å². The van der Waals surface area contributed by atoms with Crippen molar-refractivity contribution < 1.29 is 14.3 Å². The number of nitrogens with zero attached hydrogens (tertiary/aromatic N) is 6. The maximum Gasteiger partial charge on any atom is 0.325 e. The van der Waals surface area contributed by atoms with Crippen LogP contribution in [-0.2, 0) is 11.3 Å². The first-order valence-corrected chi connectivity index (χ1v) is 10.5. The Bertz CT molecular complexity index is 1440. The second-order valence-corrected chi connectivity index (χ2v) is 7.97. The molecule has 1 aliphatic carbocycles. The Hall–Kier alpha value is -4.32. The average Bonchev–Trinajstić information content (AvgIpc) is 3.46. The summed E-state index contributed by atoms with van der Waals surface area (Å²) in [6.45, 7) is -0.289. The van der Waals surface area contributed by atoms with E-state index in [-0.39, 0.29) is 12.5 Å². The number of allylic oxidation sites excluding steroid dienone is 2. The molecule has 0 radical (unpaired) electrons. The number of carbonyl (C=O) groups is 1. The highest BCUT2D eigenvalue weighted by atomic mass is 19.1. The summed E-state index contributed by atoms with van der Waals surface area (Å²) in [5.41, 5.74) is 4.90. The maximum atomic E-state index is 15.1. The number of fused-ring (bicyclic) bond motifs is 1. The van der Waals surface area contributed by atoms with Crippen LogP contribution in [0.2, 0.25) is 0 Å². The molecule has 0 amide bonds. The molecule has 33 heavy (non-hydrogen) atoms. The fraction of sp³-hybridized carbons (Fsp3) is 0.208. The van der Waals surface area contributed by atoms with Gasteiger partial charge in [0.1, 0.15) is 12.4 Å². The van der Waals surface area contributed by atoms with Gasteiger partial charge in [-0.3, -0.25) is 14.5 Å². The molecule has 1 unspecified atom stereocenters. The summed E-state index contributed by atoms with van der Waals surface area (Å²) >= 11 is 0. The first kappa shape index (κ1) is 20.6. The Morgan fingerprint density at radius 2 is 2.12 bits per heavy atom. The third kappa shape index (κ3) is 3.87. The van der Waals surface area contributed by atoms with E-state index in [1.807, 2.05) is 6.07 Å². The van der Waals surface area contributed by atoms with Gasteiger partial charge in [-0.15, -0.1) is 0 Å². The fourth-order valence-corrected chi connectivity index (χ4v) is 4.20. The van der Waals surface area contributed by atoms with Gasteiger partial charge in [0.25, 0.3) is 0 Å². The number of nitriles is 1. The molecule has 5 rings (SSSR count). The largest absolute Gasteiger partial charge is 0.480 e. The summed E-state index contributed by atoms with van der Waals surface area (Å²) in [5, 5.41) is 26.5. The van der Waals surface area contributed by atoms with Crippen LogP contribution in [0.1, 0.15) is 25.0 Å². The Balaban J connectivity index is 1.53. The van der Waals surface area contributed by atoms with E-state index in [2.05, 4.69) is 27.3 Å². The standard InChI is InChI=1S/C24H19FN6O2/c25-21-9-17(5-6-19(21)18-11-28-30(13-18)14-22(32)33)20-12-29-31-8-7-27-23(24(20)31)16-3-1-15(10-26)2-4-16/h3,5-9,11-13,15H,1-2,4,14H2,(H,32,33).